The molecule has 0 unspecified atom stereocenters. The summed E-state index contributed by atoms with van der Waals surface area (Å²) in [4.78, 5) is 51.8. The first-order valence-corrected chi connectivity index (χ1v) is 12.3. The van der Waals surface area contributed by atoms with E-state index in [-0.39, 0.29) is 29.2 Å². The van der Waals surface area contributed by atoms with Crippen LogP contribution in [0.1, 0.15) is 36.0 Å². The predicted molar refractivity (Wildman–Crippen MR) is 136 cm³/mol. The van der Waals surface area contributed by atoms with E-state index in [0.29, 0.717) is 35.7 Å². The number of hydrogen-bond acceptors (Lipinski definition) is 6. The average molecular weight is 499 g/mol. The van der Waals surface area contributed by atoms with Crippen LogP contribution >= 0.6 is 0 Å². The van der Waals surface area contributed by atoms with Crippen LogP contribution in [0.5, 0.6) is 11.5 Å². The fraction of sp³-hybridized carbons (Fsp3) is 0.241. The summed E-state index contributed by atoms with van der Waals surface area (Å²) in [5.74, 6) is -0.884. The highest BCUT2D eigenvalue weighted by Gasteiger charge is 2.48. The Bertz CT molecular complexity index is 1300. The Labute approximate surface area is 214 Å². The Morgan fingerprint density at radius 2 is 1.46 bits per heavy atom. The van der Waals surface area contributed by atoms with Gasteiger partial charge in [-0.25, -0.2) is 4.79 Å². The predicted octanol–water partition coefficient (Wildman–Crippen LogP) is 4.95. The van der Waals surface area contributed by atoms with Crippen molar-refractivity contribution in [2.24, 2.45) is 11.8 Å². The summed E-state index contributed by atoms with van der Waals surface area (Å²) < 4.78 is 10.9. The third kappa shape index (κ3) is 5.38. The minimum Gasteiger partial charge on any atom is -0.457 e. The van der Waals surface area contributed by atoms with Crippen molar-refractivity contribution in [3.63, 3.8) is 0 Å². The summed E-state index contributed by atoms with van der Waals surface area (Å²) in [7, 11) is 0. The van der Waals surface area contributed by atoms with Gasteiger partial charge >= 0.3 is 5.97 Å². The SMILES string of the molecule is O=C(COC(=O)c1cccc(N2C(=O)[C@@H]3CCCC[C@H]3C2=O)c1)Nc1ccc(Oc2ccccc2)cc1. The second kappa shape index (κ2) is 10.7. The van der Waals surface area contributed by atoms with Gasteiger partial charge in [-0.15, -0.1) is 0 Å². The molecule has 8 nitrogen and oxygen atoms in total. The van der Waals surface area contributed by atoms with Gasteiger partial charge in [-0.3, -0.25) is 19.3 Å². The van der Waals surface area contributed by atoms with Crippen LogP contribution in [0.4, 0.5) is 11.4 Å². The van der Waals surface area contributed by atoms with Gasteiger partial charge in [0.25, 0.3) is 5.91 Å². The lowest BCUT2D eigenvalue weighted by molar-refractivity contribution is -0.122. The second-order valence-electron chi connectivity index (χ2n) is 9.12. The Kier molecular flexibility index (Phi) is 6.98. The number of imide groups is 1. The number of fused-ring (bicyclic) bond motifs is 1. The number of amides is 3. The number of rotatable bonds is 7. The number of hydrogen-bond donors (Lipinski definition) is 1. The maximum atomic E-state index is 12.9. The third-order valence-corrected chi connectivity index (χ3v) is 6.63. The van der Waals surface area contributed by atoms with Crippen molar-refractivity contribution in [2.45, 2.75) is 25.7 Å². The minimum absolute atomic E-state index is 0.156. The highest BCUT2D eigenvalue weighted by molar-refractivity contribution is 6.22. The van der Waals surface area contributed by atoms with E-state index in [1.807, 2.05) is 30.3 Å². The number of carbonyl (C=O) groups is 4. The van der Waals surface area contributed by atoms with E-state index >= 15 is 0 Å². The molecule has 5 rings (SSSR count). The summed E-state index contributed by atoms with van der Waals surface area (Å²) in [6.45, 7) is -0.489. The molecule has 1 saturated carbocycles. The number of nitrogens with one attached hydrogen (secondary N) is 1. The number of anilines is 2. The maximum Gasteiger partial charge on any atom is 0.338 e. The summed E-state index contributed by atoms with van der Waals surface area (Å²) in [6, 6.07) is 22.3. The zero-order valence-corrected chi connectivity index (χ0v) is 20.1. The number of nitrogens with zero attached hydrogens (tertiary/aromatic N) is 1. The lowest BCUT2D eigenvalue weighted by Gasteiger charge is -2.19. The molecule has 188 valence electrons. The third-order valence-electron chi connectivity index (χ3n) is 6.63. The van der Waals surface area contributed by atoms with Gasteiger partial charge < -0.3 is 14.8 Å². The molecule has 0 spiro atoms. The summed E-state index contributed by atoms with van der Waals surface area (Å²) in [5, 5.41) is 2.67. The highest BCUT2D eigenvalue weighted by Crippen LogP contribution is 2.40. The normalized spacial score (nSPS) is 18.8. The Morgan fingerprint density at radius 3 is 2.14 bits per heavy atom. The lowest BCUT2D eigenvalue weighted by atomic mass is 9.81. The molecule has 2 atom stereocenters. The molecule has 1 saturated heterocycles. The summed E-state index contributed by atoms with van der Waals surface area (Å²) >= 11 is 0. The zero-order valence-electron chi connectivity index (χ0n) is 20.1. The summed E-state index contributed by atoms with van der Waals surface area (Å²) in [6.07, 6.45) is 3.30. The van der Waals surface area contributed by atoms with Gasteiger partial charge in [0, 0.05) is 5.69 Å². The zero-order chi connectivity index (χ0) is 25.8. The van der Waals surface area contributed by atoms with Crippen molar-refractivity contribution in [3.05, 3.63) is 84.4 Å². The van der Waals surface area contributed by atoms with Gasteiger partial charge in [-0.2, -0.15) is 0 Å². The molecule has 1 aliphatic heterocycles. The molecule has 0 bridgehead atoms. The smallest absolute Gasteiger partial charge is 0.338 e. The highest BCUT2D eigenvalue weighted by atomic mass is 16.5. The van der Waals surface area contributed by atoms with Gasteiger partial charge in [-0.1, -0.05) is 37.1 Å². The molecule has 0 aromatic heterocycles. The van der Waals surface area contributed by atoms with Crippen molar-refractivity contribution in [3.8, 4) is 11.5 Å². The van der Waals surface area contributed by atoms with E-state index in [4.69, 9.17) is 9.47 Å². The standard InChI is InChI=1S/C29H26N2O6/c32-26(30-20-13-15-23(16-14-20)37-22-9-2-1-3-10-22)18-36-29(35)19-7-6-8-21(17-19)31-27(33)24-11-4-5-12-25(24)28(31)34/h1-3,6-10,13-17,24-25H,4-5,11-12,18H2,(H,30,32)/t24-,25-/m1/s1. The monoisotopic (exact) mass is 498 g/mol. The van der Waals surface area contributed by atoms with Crippen molar-refractivity contribution >= 4 is 35.1 Å². The average Bonchev–Trinajstić information content (AvgIpc) is 3.19. The summed E-state index contributed by atoms with van der Waals surface area (Å²) in [5.41, 5.74) is 1.03. The largest absolute Gasteiger partial charge is 0.457 e. The molecule has 8 heteroatoms. The maximum absolute atomic E-state index is 12.9. The van der Waals surface area contributed by atoms with Gasteiger partial charge in [0.1, 0.15) is 11.5 Å². The van der Waals surface area contributed by atoms with Crippen molar-refractivity contribution in [1.82, 2.24) is 0 Å². The van der Waals surface area contributed by atoms with Crippen LogP contribution in [0, 0.1) is 11.8 Å². The first-order valence-electron chi connectivity index (χ1n) is 12.3. The number of esters is 1. The number of ether oxygens (including phenoxy) is 2. The van der Waals surface area contributed by atoms with Crippen molar-refractivity contribution < 1.29 is 28.7 Å². The molecule has 1 aliphatic carbocycles. The first kappa shape index (κ1) is 24.2. The molecule has 1 N–H and O–H groups in total. The van der Waals surface area contributed by atoms with Gasteiger partial charge in [0.05, 0.1) is 23.1 Å². The fourth-order valence-electron chi connectivity index (χ4n) is 4.83. The van der Waals surface area contributed by atoms with E-state index in [1.54, 1.807) is 36.4 Å². The number of benzene rings is 3. The molecule has 2 fully saturated rings. The minimum atomic E-state index is -0.722. The van der Waals surface area contributed by atoms with Crippen LogP contribution in [-0.4, -0.2) is 30.3 Å². The molecule has 0 radical (unpaired) electrons. The molecular formula is C29H26N2O6. The van der Waals surface area contributed by atoms with E-state index in [1.165, 1.54) is 17.0 Å². The van der Waals surface area contributed by atoms with Crippen LogP contribution in [0.15, 0.2) is 78.9 Å². The van der Waals surface area contributed by atoms with E-state index in [0.717, 1.165) is 12.8 Å². The molecule has 2 aliphatic rings. The number of carbonyl (C=O) groups excluding carboxylic acids is 4. The fourth-order valence-corrected chi connectivity index (χ4v) is 4.83. The van der Waals surface area contributed by atoms with Crippen LogP contribution in [0.2, 0.25) is 0 Å². The van der Waals surface area contributed by atoms with Crippen LogP contribution in [0.25, 0.3) is 0 Å². The van der Waals surface area contributed by atoms with Gasteiger partial charge in [0.15, 0.2) is 6.61 Å². The molecule has 1 heterocycles. The Hall–Kier alpha value is -4.46. The topological polar surface area (TPSA) is 102 Å². The van der Waals surface area contributed by atoms with Crippen LogP contribution < -0.4 is 15.0 Å². The molecule has 3 aromatic rings. The van der Waals surface area contributed by atoms with E-state index in [2.05, 4.69) is 5.32 Å². The van der Waals surface area contributed by atoms with E-state index in [9.17, 15) is 19.2 Å². The van der Waals surface area contributed by atoms with E-state index < -0.39 is 18.5 Å². The van der Waals surface area contributed by atoms with Gasteiger partial charge in [0.2, 0.25) is 11.8 Å². The Morgan fingerprint density at radius 1 is 0.811 bits per heavy atom. The quantitative estimate of drug-likeness (QED) is 0.365. The van der Waals surface area contributed by atoms with Crippen molar-refractivity contribution in [2.75, 3.05) is 16.8 Å². The van der Waals surface area contributed by atoms with Gasteiger partial charge in [-0.05, 0) is 67.4 Å². The van der Waals surface area contributed by atoms with Crippen molar-refractivity contribution in [1.29, 1.82) is 0 Å². The lowest BCUT2D eigenvalue weighted by Crippen LogP contribution is -2.31. The molecule has 37 heavy (non-hydrogen) atoms. The molecule has 3 amide bonds. The van der Waals surface area contributed by atoms with Crippen LogP contribution in [0.3, 0.4) is 0 Å². The first-order chi connectivity index (χ1) is 18.0. The Balaban J connectivity index is 1.16. The number of para-hydroxylation sites is 1. The second-order valence-corrected chi connectivity index (χ2v) is 9.12. The molecular weight excluding hydrogens is 472 g/mol. The molecule has 3 aromatic carbocycles. The van der Waals surface area contributed by atoms with Crippen LogP contribution in [-0.2, 0) is 19.1 Å².